The lowest BCUT2D eigenvalue weighted by Crippen LogP contribution is -2.55. The zero-order chi connectivity index (χ0) is 21.0. The van der Waals surface area contributed by atoms with Crippen LogP contribution < -0.4 is 0 Å². The highest BCUT2D eigenvalue weighted by molar-refractivity contribution is 7.91. The van der Waals surface area contributed by atoms with Crippen LogP contribution in [0.3, 0.4) is 0 Å². The summed E-state index contributed by atoms with van der Waals surface area (Å²) in [6.07, 6.45) is 0. The van der Waals surface area contributed by atoms with E-state index in [9.17, 15) is 13.2 Å². The minimum Gasteiger partial charge on any atom is -0.337 e. The number of nitrogens with zero attached hydrogens (tertiary/aromatic N) is 3. The van der Waals surface area contributed by atoms with E-state index in [1.54, 1.807) is 12.1 Å². The van der Waals surface area contributed by atoms with Gasteiger partial charge < -0.3 is 4.90 Å². The number of likely N-dealkylation sites (N-methyl/N-ethyl adjacent to an activating group) is 1. The summed E-state index contributed by atoms with van der Waals surface area (Å²) in [5, 5.41) is 0. The van der Waals surface area contributed by atoms with Crippen LogP contribution in [0.4, 0.5) is 0 Å². The molecule has 0 aliphatic carbocycles. The first kappa shape index (κ1) is 22.2. The first-order chi connectivity index (χ1) is 13.8. The summed E-state index contributed by atoms with van der Waals surface area (Å²) in [4.78, 5) is 16.9. The zero-order valence-electron chi connectivity index (χ0n) is 16.6. The van der Waals surface area contributed by atoms with Crippen LogP contribution in [0.5, 0.6) is 0 Å². The van der Waals surface area contributed by atoms with Crippen molar-refractivity contribution < 1.29 is 13.2 Å². The number of benzene rings is 1. The van der Waals surface area contributed by atoms with Crippen molar-refractivity contribution in [1.82, 2.24) is 14.1 Å². The molecular formula is C20H26ClN3O3S2. The maximum Gasteiger partial charge on any atom is 0.252 e. The van der Waals surface area contributed by atoms with E-state index in [1.807, 2.05) is 49.1 Å². The maximum absolute atomic E-state index is 13.0. The van der Waals surface area contributed by atoms with Crippen LogP contribution in [-0.4, -0.2) is 67.2 Å². The second-order valence-corrected chi connectivity index (χ2v) is 10.9. The maximum atomic E-state index is 13.0. The van der Waals surface area contributed by atoms with Gasteiger partial charge in [-0.1, -0.05) is 41.9 Å². The highest BCUT2D eigenvalue weighted by atomic mass is 35.5. The minimum atomic E-state index is -3.53. The molecule has 6 nitrogen and oxygen atoms in total. The lowest BCUT2D eigenvalue weighted by molar-refractivity contribution is -0.137. The fraction of sp³-hybridized carbons (Fsp3) is 0.450. The molecule has 9 heteroatoms. The summed E-state index contributed by atoms with van der Waals surface area (Å²) >= 11 is 6.96. The molecule has 29 heavy (non-hydrogen) atoms. The van der Waals surface area contributed by atoms with E-state index < -0.39 is 10.0 Å². The van der Waals surface area contributed by atoms with Crippen molar-refractivity contribution in [3.63, 3.8) is 0 Å². The quantitative estimate of drug-likeness (QED) is 0.643. The van der Waals surface area contributed by atoms with Crippen molar-refractivity contribution in [3.05, 3.63) is 52.4 Å². The Morgan fingerprint density at radius 2 is 1.79 bits per heavy atom. The smallest absolute Gasteiger partial charge is 0.252 e. The Labute approximate surface area is 181 Å². The Balaban J connectivity index is 1.60. The molecule has 1 aliphatic heterocycles. The van der Waals surface area contributed by atoms with Crippen molar-refractivity contribution in [2.75, 3.05) is 32.7 Å². The van der Waals surface area contributed by atoms with Gasteiger partial charge in [-0.3, -0.25) is 9.69 Å². The fourth-order valence-electron chi connectivity index (χ4n) is 3.46. The number of halogens is 1. The van der Waals surface area contributed by atoms with Crippen LogP contribution >= 0.6 is 22.9 Å². The first-order valence-electron chi connectivity index (χ1n) is 9.65. The molecule has 2 aromatic rings. The standard InChI is InChI=1S/C20H26ClN3O3S2/c1-3-22(15-17-7-5-4-6-8-17)20(25)16(2)23-11-13-24(14-12-23)29(26,27)19-10-9-18(21)28-19/h4-10,16H,3,11-15H2,1-2H3/t16-/m0/s1. The monoisotopic (exact) mass is 455 g/mol. The van der Waals surface area contributed by atoms with E-state index in [0.29, 0.717) is 43.6 Å². The van der Waals surface area contributed by atoms with Gasteiger partial charge in [0.1, 0.15) is 4.21 Å². The number of carbonyl (C=O) groups is 1. The minimum absolute atomic E-state index is 0.0673. The molecule has 3 rings (SSSR count). The number of amides is 1. The number of sulfonamides is 1. The van der Waals surface area contributed by atoms with Crippen molar-refractivity contribution in [2.24, 2.45) is 0 Å². The molecule has 1 aromatic heterocycles. The Bertz CT molecular complexity index is 925. The summed E-state index contributed by atoms with van der Waals surface area (Å²) < 4.78 is 27.7. The molecule has 1 atom stereocenters. The third kappa shape index (κ3) is 5.19. The molecule has 0 bridgehead atoms. The lowest BCUT2D eigenvalue weighted by atomic mass is 10.1. The topological polar surface area (TPSA) is 60.9 Å². The van der Waals surface area contributed by atoms with Gasteiger partial charge >= 0.3 is 0 Å². The second kappa shape index (κ2) is 9.57. The summed E-state index contributed by atoms with van der Waals surface area (Å²) in [5.41, 5.74) is 1.10. The average Bonchev–Trinajstić information content (AvgIpc) is 3.19. The van der Waals surface area contributed by atoms with Crippen LogP contribution in [0.1, 0.15) is 19.4 Å². The molecule has 2 heterocycles. The lowest BCUT2D eigenvalue weighted by Gasteiger charge is -2.38. The molecule has 1 aliphatic rings. The van der Waals surface area contributed by atoms with Crippen LogP contribution in [0.25, 0.3) is 0 Å². The van der Waals surface area contributed by atoms with E-state index in [1.165, 1.54) is 4.31 Å². The number of hydrogen-bond acceptors (Lipinski definition) is 5. The molecule has 0 radical (unpaired) electrons. The van der Waals surface area contributed by atoms with Crippen LogP contribution in [0.15, 0.2) is 46.7 Å². The largest absolute Gasteiger partial charge is 0.337 e. The molecular weight excluding hydrogens is 430 g/mol. The van der Waals surface area contributed by atoms with Gasteiger partial charge in [0, 0.05) is 39.3 Å². The van der Waals surface area contributed by atoms with Gasteiger partial charge in [-0.25, -0.2) is 8.42 Å². The van der Waals surface area contributed by atoms with Gasteiger partial charge in [0.15, 0.2) is 0 Å². The molecule has 0 spiro atoms. The molecule has 1 amide bonds. The van der Waals surface area contributed by atoms with Crippen LogP contribution in [-0.2, 0) is 21.4 Å². The number of carbonyl (C=O) groups excluding carboxylic acids is 1. The molecule has 0 unspecified atom stereocenters. The van der Waals surface area contributed by atoms with E-state index in [0.717, 1.165) is 16.9 Å². The van der Waals surface area contributed by atoms with Gasteiger partial charge in [0.2, 0.25) is 5.91 Å². The second-order valence-electron chi connectivity index (χ2n) is 7.01. The van der Waals surface area contributed by atoms with Crippen molar-refractivity contribution in [1.29, 1.82) is 0 Å². The number of hydrogen-bond donors (Lipinski definition) is 0. The predicted molar refractivity (Wildman–Crippen MR) is 117 cm³/mol. The Hall–Kier alpha value is -1.45. The third-order valence-corrected chi connectivity index (χ3v) is 8.83. The molecule has 1 saturated heterocycles. The molecule has 0 N–H and O–H groups in total. The van der Waals surface area contributed by atoms with E-state index in [-0.39, 0.29) is 16.2 Å². The summed E-state index contributed by atoms with van der Waals surface area (Å²) in [6, 6.07) is 12.8. The number of rotatable bonds is 7. The Morgan fingerprint density at radius 1 is 1.14 bits per heavy atom. The fourth-order valence-corrected chi connectivity index (χ4v) is 6.52. The molecule has 1 aromatic carbocycles. The van der Waals surface area contributed by atoms with Gasteiger partial charge in [0.25, 0.3) is 10.0 Å². The predicted octanol–water partition coefficient (Wildman–Crippen LogP) is 3.15. The molecule has 158 valence electrons. The first-order valence-corrected chi connectivity index (χ1v) is 12.3. The van der Waals surface area contributed by atoms with Gasteiger partial charge in [-0.05, 0) is 31.5 Å². The van der Waals surface area contributed by atoms with E-state index >= 15 is 0 Å². The van der Waals surface area contributed by atoms with Crippen LogP contribution in [0.2, 0.25) is 4.34 Å². The van der Waals surface area contributed by atoms with Crippen LogP contribution in [0, 0.1) is 0 Å². The molecule has 1 fully saturated rings. The van der Waals surface area contributed by atoms with E-state index in [4.69, 9.17) is 11.6 Å². The SMILES string of the molecule is CCN(Cc1ccccc1)C(=O)[C@H](C)N1CCN(S(=O)(=O)c2ccc(Cl)s2)CC1. The highest BCUT2D eigenvalue weighted by Crippen LogP contribution is 2.28. The van der Waals surface area contributed by atoms with Crippen molar-refractivity contribution in [2.45, 2.75) is 30.6 Å². The zero-order valence-corrected chi connectivity index (χ0v) is 19.0. The number of thiophene rings is 1. The highest BCUT2D eigenvalue weighted by Gasteiger charge is 2.33. The van der Waals surface area contributed by atoms with E-state index in [2.05, 4.69) is 4.90 Å². The summed E-state index contributed by atoms with van der Waals surface area (Å²) in [6.45, 7) is 6.85. The average molecular weight is 456 g/mol. The van der Waals surface area contributed by atoms with Gasteiger partial charge in [-0.2, -0.15) is 4.31 Å². The number of piperazine rings is 1. The van der Waals surface area contributed by atoms with Crippen molar-refractivity contribution in [3.8, 4) is 0 Å². The van der Waals surface area contributed by atoms with Gasteiger partial charge in [0.05, 0.1) is 10.4 Å². The van der Waals surface area contributed by atoms with Gasteiger partial charge in [-0.15, -0.1) is 11.3 Å². The summed E-state index contributed by atoms with van der Waals surface area (Å²) in [5.74, 6) is 0.0673. The molecule has 0 saturated carbocycles. The van der Waals surface area contributed by atoms with Crippen molar-refractivity contribution >= 4 is 38.9 Å². The summed E-state index contributed by atoms with van der Waals surface area (Å²) in [7, 11) is -3.53. The Morgan fingerprint density at radius 3 is 2.34 bits per heavy atom. The third-order valence-electron chi connectivity index (χ3n) is 5.23. The normalized spacial score (nSPS) is 17.2. The Kier molecular flexibility index (Phi) is 7.34.